The second-order valence-corrected chi connectivity index (χ2v) is 21.2. The van der Waals surface area contributed by atoms with Crippen LogP contribution in [0.1, 0.15) is 78.8 Å². The smallest absolute Gasteiger partial charge is 0.416 e. The largest absolute Gasteiger partial charge is 0.493 e. The molecule has 2 atom stereocenters. The molecule has 0 aliphatic carbocycles. The van der Waals surface area contributed by atoms with E-state index in [1.807, 2.05) is 0 Å². The van der Waals surface area contributed by atoms with Gasteiger partial charge in [-0.2, -0.15) is 26.3 Å². The van der Waals surface area contributed by atoms with E-state index in [9.17, 15) is 71.8 Å². The highest BCUT2D eigenvalue weighted by atomic mass is 32.2. The van der Waals surface area contributed by atoms with Crippen LogP contribution in [0.15, 0.2) is 156 Å². The predicted octanol–water partition coefficient (Wildman–Crippen LogP) is 11.4. The molecular weight excluding hydrogens is 1110 g/mol. The van der Waals surface area contributed by atoms with E-state index >= 15 is 0 Å². The Hall–Kier alpha value is -9.04. The number of carbonyl (C=O) groups is 2. The van der Waals surface area contributed by atoms with E-state index in [4.69, 9.17) is 9.47 Å². The molecule has 0 fully saturated rings. The number of alkyl halides is 6. The molecule has 8 aromatic rings. The molecule has 0 unspecified atom stereocenters. The molecule has 0 radical (unpaired) electrons. The molecule has 0 amide bonds. The molecule has 0 saturated heterocycles. The molecule has 2 aromatic heterocycles. The van der Waals surface area contributed by atoms with Gasteiger partial charge >= 0.3 is 24.3 Å². The number of rotatable bonds is 12. The fourth-order valence-electron chi connectivity index (χ4n) is 8.97. The first kappa shape index (κ1) is 55.7. The van der Waals surface area contributed by atoms with Crippen LogP contribution in [0.2, 0.25) is 0 Å². The normalized spacial score (nSPS) is 15.2. The first-order valence-electron chi connectivity index (χ1n) is 23.5. The summed E-state index contributed by atoms with van der Waals surface area (Å²) in [6, 6.07) is 26.0. The minimum absolute atomic E-state index is 0.0120. The average molecular weight is 1150 g/mol. The topological polar surface area (TPSA) is 237 Å². The molecule has 2 aliphatic heterocycles. The van der Waals surface area contributed by atoms with Gasteiger partial charge < -0.3 is 19.7 Å². The quantitative estimate of drug-likeness (QED) is 0.0833. The van der Waals surface area contributed by atoms with Gasteiger partial charge in [0.05, 0.1) is 70.0 Å². The Bertz CT molecular complexity index is 3640. The second kappa shape index (κ2) is 22.0. The zero-order valence-electron chi connectivity index (χ0n) is 40.6. The molecule has 0 spiro atoms. The van der Waals surface area contributed by atoms with Crippen LogP contribution >= 0.6 is 0 Å². The van der Waals surface area contributed by atoms with E-state index in [0.717, 1.165) is 49.1 Å². The number of ether oxygens (including phenoxy) is 2. The lowest BCUT2D eigenvalue weighted by molar-refractivity contribution is -0.138. The molecule has 2 aliphatic rings. The lowest BCUT2D eigenvalue weighted by atomic mass is 9.82. The summed E-state index contributed by atoms with van der Waals surface area (Å²) in [6.07, 6.45) is -5.19. The average Bonchev–Trinajstić information content (AvgIpc) is 3.43. The van der Waals surface area contributed by atoms with E-state index in [1.54, 1.807) is 0 Å². The number of anilines is 2. The fraction of sp³-hybridized carbons (Fsp3) is 0.148. The highest BCUT2D eigenvalue weighted by Gasteiger charge is 2.36. The van der Waals surface area contributed by atoms with Crippen molar-refractivity contribution in [2.24, 2.45) is 0 Å². The molecular formula is C54H38F8N6O10S2. The third kappa shape index (κ3) is 12.3. The van der Waals surface area contributed by atoms with Crippen LogP contribution in [0, 0.1) is 11.6 Å². The fourth-order valence-corrected chi connectivity index (χ4v) is 10.9. The number of carboxylic acid groups (broad SMARTS) is 2. The Kier molecular flexibility index (Phi) is 15.3. The molecule has 0 saturated carbocycles. The van der Waals surface area contributed by atoms with Crippen molar-refractivity contribution in [1.29, 1.82) is 0 Å². The molecule has 412 valence electrons. The van der Waals surface area contributed by atoms with Gasteiger partial charge in [0.25, 0.3) is 20.0 Å². The minimum Gasteiger partial charge on any atom is -0.493 e. The highest BCUT2D eigenvalue weighted by molar-refractivity contribution is 7.93. The van der Waals surface area contributed by atoms with Crippen molar-refractivity contribution in [2.75, 3.05) is 22.7 Å². The number of benzene rings is 6. The summed E-state index contributed by atoms with van der Waals surface area (Å²) in [5, 5.41) is 18.4. The number of carboxylic acids is 2. The summed E-state index contributed by atoms with van der Waals surface area (Å²) in [5.74, 6) is -4.93. The molecule has 0 bridgehead atoms. The SMILES string of the molecule is O=C(O)c1ccc(-c2cc(C(F)(F)F)ccc2[C@@H]2CCOc3cc(S(=O)(=O)Nc4ncc(F)cn4)ccc32)cc1.O=C(O)c1ccc(-c2cc(C(F)(F)F)ccc2[C@H]2CCOc3cc(S(=O)(=O)Nc4ncc(F)cn4)ccc32)cc1. The van der Waals surface area contributed by atoms with Gasteiger partial charge in [-0.05, 0) is 107 Å². The van der Waals surface area contributed by atoms with E-state index < -0.39 is 78.9 Å². The van der Waals surface area contributed by atoms with Crippen molar-refractivity contribution in [2.45, 2.75) is 46.8 Å². The monoisotopic (exact) mass is 1150 g/mol. The zero-order chi connectivity index (χ0) is 57.3. The highest BCUT2D eigenvalue weighted by Crippen LogP contribution is 2.47. The zero-order valence-corrected chi connectivity index (χ0v) is 42.3. The van der Waals surface area contributed by atoms with Gasteiger partial charge in [-0.3, -0.25) is 0 Å². The summed E-state index contributed by atoms with van der Waals surface area (Å²) in [5.41, 5.74) is 1.74. The summed E-state index contributed by atoms with van der Waals surface area (Å²) in [6.45, 7) is 0.322. The van der Waals surface area contributed by atoms with Crippen LogP contribution in [0.3, 0.4) is 0 Å². The Labute approximate surface area is 448 Å². The van der Waals surface area contributed by atoms with Crippen LogP contribution in [-0.4, -0.2) is 72.1 Å². The molecule has 4 heterocycles. The van der Waals surface area contributed by atoms with Crippen molar-refractivity contribution in [3.63, 3.8) is 0 Å². The number of nitrogens with one attached hydrogen (secondary N) is 2. The maximum atomic E-state index is 13.6. The molecule has 4 N–H and O–H groups in total. The second-order valence-electron chi connectivity index (χ2n) is 17.8. The Balaban J connectivity index is 0.000000194. The summed E-state index contributed by atoms with van der Waals surface area (Å²) in [7, 11) is -8.35. The van der Waals surface area contributed by atoms with Crippen LogP contribution in [-0.2, 0) is 32.4 Å². The van der Waals surface area contributed by atoms with Gasteiger partial charge in [0, 0.05) is 35.1 Å². The molecule has 10 rings (SSSR count). The van der Waals surface area contributed by atoms with Crippen LogP contribution in [0.25, 0.3) is 22.3 Å². The van der Waals surface area contributed by atoms with Gasteiger partial charge in [-0.25, -0.2) is 64.6 Å². The summed E-state index contributed by atoms with van der Waals surface area (Å²) < 4.78 is 175. The third-order valence-corrected chi connectivity index (χ3v) is 15.4. The van der Waals surface area contributed by atoms with Crippen molar-refractivity contribution >= 4 is 43.9 Å². The van der Waals surface area contributed by atoms with E-state index in [1.165, 1.54) is 97.1 Å². The number of hydrogen-bond donors (Lipinski definition) is 4. The molecule has 16 nitrogen and oxygen atoms in total. The first-order chi connectivity index (χ1) is 37.8. The standard InChI is InChI=1S/2C27H19F4N3O5S/c2*28-18-13-32-26(33-14-18)34-40(37,38)19-6-8-22-21(9-10-39-24(22)12-19)20-7-5-17(27(29,30)31)11-23(20)15-1-3-16(4-2-15)25(35)36/h2*1-8,11-14,21H,9-10H2,(H,35,36)(H,32,33,34)/t2*21-/m10/s1. The Morgan fingerprint density at radius 3 is 1.15 bits per heavy atom. The van der Waals surface area contributed by atoms with Gasteiger partial charge in [0.15, 0.2) is 11.6 Å². The Morgan fingerprint density at radius 1 is 0.487 bits per heavy atom. The number of aromatic carboxylic acids is 2. The van der Waals surface area contributed by atoms with E-state index in [2.05, 4.69) is 29.4 Å². The molecule has 26 heteroatoms. The lowest BCUT2D eigenvalue weighted by Gasteiger charge is -2.29. The first-order valence-corrected chi connectivity index (χ1v) is 26.5. The number of halogens is 8. The van der Waals surface area contributed by atoms with Crippen molar-refractivity contribution < 1.29 is 81.2 Å². The van der Waals surface area contributed by atoms with E-state index in [0.29, 0.717) is 46.2 Å². The van der Waals surface area contributed by atoms with E-state index in [-0.39, 0.29) is 68.7 Å². The van der Waals surface area contributed by atoms with Gasteiger partial charge in [-0.1, -0.05) is 48.5 Å². The van der Waals surface area contributed by atoms with Gasteiger partial charge in [-0.15, -0.1) is 0 Å². The number of aromatic nitrogens is 4. The van der Waals surface area contributed by atoms with Crippen molar-refractivity contribution in [1.82, 2.24) is 19.9 Å². The van der Waals surface area contributed by atoms with Crippen LogP contribution in [0.5, 0.6) is 11.5 Å². The number of sulfonamides is 2. The van der Waals surface area contributed by atoms with Gasteiger partial charge in [0.1, 0.15) is 11.5 Å². The Morgan fingerprint density at radius 2 is 0.825 bits per heavy atom. The summed E-state index contributed by atoms with van der Waals surface area (Å²) >= 11 is 0. The number of hydrogen-bond acceptors (Lipinski definition) is 12. The minimum atomic E-state index is -4.60. The lowest BCUT2D eigenvalue weighted by Crippen LogP contribution is -2.19. The molecule has 6 aromatic carbocycles. The van der Waals surface area contributed by atoms with Crippen LogP contribution in [0.4, 0.5) is 47.0 Å². The maximum absolute atomic E-state index is 13.6. The predicted molar refractivity (Wildman–Crippen MR) is 270 cm³/mol. The van der Waals surface area contributed by atoms with Crippen molar-refractivity contribution in [3.8, 4) is 33.8 Å². The third-order valence-electron chi connectivity index (χ3n) is 12.8. The molecule has 80 heavy (non-hydrogen) atoms. The van der Waals surface area contributed by atoms with Crippen molar-refractivity contribution in [3.05, 3.63) is 202 Å². The maximum Gasteiger partial charge on any atom is 0.416 e. The van der Waals surface area contributed by atoms with Crippen LogP contribution < -0.4 is 18.9 Å². The summed E-state index contributed by atoms with van der Waals surface area (Å²) in [4.78, 5) is 36.5. The number of nitrogens with zero attached hydrogens (tertiary/aromatic N) is 4. The van der Waals surface area contributed by atoms with Gasteiger partial charge in [0.2, 0.25) is 11.9 Å². The number of fused-ring (bicyclic) bond motifs is 2.